The van der Waals surface area contributed by atoms with Crippen molar-refractivity contribution >= 4 is 10.9 Å². The average Bonchev–Trinajstić information content (AvgIpc) is 2.81. The molecule has 2 aromatic rings. The molecule has 0 aromatic carbocycles. The van der Waals surface area contributed by atoms with Crippen LogP contribution >= 0.6 is 0 Å². The van der Waals surface area contributed by atoms with Gasteiger partial charge in [-0.3, -0.25) is 4.90 Å². The van der Waals surface area contributed by atoms with Crippen LogP contribution in [0.25, 0.3) is 10.9 Å². The van der Waals surface area contributed by atoms with E-state index in [0.29, 0.717) is 18.0 Å². The average molecular weight is 275 g/mol. The molecule has 0 atom stereocenters. The van der Waals surface area contributed by atoms with Crippen molar-refractivity contribution in [2.24, 2.45) is 0 Å². The van der Waals surface area contributed by atoms with E-state index in [9.17, 15) is 0 Å². The first kappa shape index (κ1) is 14.9. The number of hydrogen-bond acceptors (Lipinski definition) is 3. The van der Waals surface area contributed by atoms with Gasteiger partial charge in [0.15, 0.2) is 0 Å². The summed E-state index contributed by atoms with van der Waals surface area (Å²) in [6, 6.07) is 3.10. The molecule has 0 fully saturated rings. The van der Waals surface area contributed by atoms with E-state index in [1.54, 1.807) is 13.3 Å². The van der Waals surface area contributed by atoms with Crippen molar-refractivity contribution in [3.05, 3.63) is 24.0 Å². The Kier molecular flexibility index (Phi) is 4.65. The van der Waals surface area contributed by atoms with Crippen molar-refractivity contribution in [2.45, 2.75) is 46.2 Å². The molecule has 2 aromatic heterocycles. The highest BCUT2D eigenvalue weighted by Crippen LogP contribution is 2.26. The smallest absolute Gasteiger partial charge is 0.222 e. The molecule has 2 heterocycles. The van der Waals surface area contributed by atoms with Crippen molar-refractivity contribution in [3.63, 3.8) is 0 Å². The summed E-state index contributed by atoms with van der Waals surface area (Å²) < 4.78 is 5.38. The van der Waals surface area contributed by atoms with Crippen molar-refractivity contribution in [2.75, 3.05) is 13.7 Å². The molecule has 0 radical (unpaired) electrons. The lowest BCUT2D eigenvalue weighted by atomic mass is 10.1. The standard InChI is InChI=1S/C16H25N3O/c1-11(2)19(12(3)4)9-7-13-10-18-14-6-8-17-16(20-5)15(13)14/h6,8,10-12,18H,7,9H2,1-5H3. The molecule has 1 N–H and O–H groups in total. The predicted molar refractivity (Wildman–Crippen MR) is 83.3 cm³/mol. The number of nitrogens with one attached hydrogen (secondary N) is 1. The fourth-order valence-corrected chi connectivity index (χ4v) is 2.82. The summed E-state index contributed by atoms with van der Waals surface area (Å²) in [5.41, 5.74) is 2.36. The van der Waals surface area contributed by atoms with Crippen LogP contribution in [0.1, 0.15) is 33.3 Å². The molecule has 0 bridgehead atoms. The van der Waals surface area contributed by atoms with Gasteiger partial charge in [-0.1, -0.05) is 0 Å². The first-order valence-electron chi connectivity index (χ1n) is 7.29. The minimum Gasteiger partial charge on any atom is -0.480 e. The van der Waals surface area contributed by atoms with Crippen molar-refractivity contribution in [1.29, 1.82) is 0 Å². The second-order valence-corrected chi connectivity index (χ2v) is 5.73. The van der Waals surface area contributed by atoms with Gasteiger partial charge in [-0.15, -0.1) is 0 Å². The van der Waals surface area contributed by atoms with Crippen LogP contribution < -0.4 is 4.74 Å². The lowest BCUT2D eigenvalue weighted by Gasteiger charge is -2.30. The lowest BCUT2D eigenvalue weighted by molar-refractivity contribution is 0.177. The first-order chi connectivity index (χ1) is 9.54. The van der Waals surface area contributed by atoms with Crippen LogP contribution in [0, 0.1) is 0 Å². The van der Waals surface area contributed by atoms with E-state index in [4.69, 9.17) is 4.74 Å². The zero-order chi connectivity index (χ0) is 14.7. The number of ether oxygens (including phenoxy) is 1. The minimum atomic E-state index is 0.556. The van der Waals surface area contributed by atoms with Gasteiger partial charge in [0.1, 0.15) is 0 Å². The molecule has 0 aliphatic rings. The Morgan fingerprint density at radius 1 is 1.25 bits per heavy atom. The van der Waals surface area contributed by atoms with E-state index >= 15 is 0 Å². The molecule has 4 heteroatoms. The van der Waals surface area contributed by atoms with Crippen molar-refractivity contribution in [1.82, 2.24) is 14.9 Å². The van der Waals surface area contributed by atoms with Gasteiger partial charge in [-0.25, -0.2) is 4.98 Å². The summed E-state index contributed by atoms with van der Waals surface area (Å²) in [4.78, 5) is 10.1. The van der Waals surface area contributed by atoms with E-state index in [2.05, 4.69) is 48.8 Å². The third kappa shape index (κ3) is 2.96. The molecule has 0 amide bonds. The molecule has 0 saturated carbocycles. The topological polar surface area (TPSA) is 41.1 Å². The lowest BCUT2D eigenvalue weighted by Crippen LogP contribution is -2.38. The van der Waals surface area contributed by atoms with Gasteiger partial charge in [0.2, 0.25) is 5.88 Å². The predicted octanol–water partition coefficient (Wildman–Crippen LogP) is 3.23. The summed E-state index contributed by atoms with van der Waals surface area (Å²) in [6.07, 6.45) is 4.85. The normalized spacial score (nSPS) is 12.0. The van der Waals surface area contributed by atoms with Crippen LogP contribution in [0.3, 0.4) is 0 Å². The molecule has 0 saturated heterocycles. The second kappa shape index (κ2) is 6.27. The molecule has 4 nitrogen and oxygen atoms in total. The highest BCUT2D eigenvalue weighted by atomic mass is 16.5. The van der Waals surface area contributed by atoms with Gasteiger partial charge in [-0.05, 0) is 45.7 Å². The second-order valence-electron chi connectivity index (χ2n) is 5.73. The number of aromatic nitrogens is 2. The maximum atomic E-state index is 5.38. The molecular weight excluding hydrogens is 250 g/mol. The number of aromatic amines is 1. The largest absolute Gasteiger partial charge is 0.480 e. The van der Waals surface area contributed by atoms with E-state index in [1.165, 1.54) is 5.56 Å². The van der Waals surface area contributed by atoms with Crippen LogP contribution in [0.2, 0.25) is 0 Å². The van der Waals surface area contributed by atoms with Crippen LogP contribution in [0.5, 0.6) is 5.88 Å². The van der Waals surface area contributed by atoms with Crippen LogP contribution in [-0.2, 0) is 6.42 Å². The van der Waals surface area contributed by atoms with Gasteiger partial charge >= 0.3 is 0 Å². The Morgan fingerprint density at radius 3 is 2.55 bits per heavy atom. The zero-order valence-corrected chi connectivity index (χ0v) is 13.1. The molecule has 110 valence electrons. The summed E-state index contributed by atoms with van der Waals surface area (Å²) in [6.45, 7) is 10.0. The minimum absolute atomic E-state index is 0.556. The van der Waals surface area contributed by atoms with Crippen molar-refractivity contribution in [3.8, 4) is 5.88 Å². The maximum absolute atomic E-state index is 5.38. The van der Waals surface area contributed by atoms with Crippen LogP contribution in [0.15, 0.2) is 18.5 Å². The summed E-state index contributed by atoms with van der Waals surface area (Å²) in [5, 5.41) is 1.11. The molecule has 0 spiro atoms. The van der Waals surface area contributed by atoms with Gasteiger partial charge in [0, 0.05) is 31.0 Å². The maximum Gasteiger partial charge on any atom is 0.222 e. The Bertz CT molecular complexity index is 552. The first-order valence-corrected chi connectivity index (χ1v) is 7.29. The van der Waals surface area contributed by atoms with E-state index in [-0.39, 0.29) is 0 Å². The molecule has 0 unspecified atom stereocenters. The molecule has 2 rings (SSSR count). The number of rotatable bonds is 6. The fraction of sp³-hybridized carbons (Fsp3) is 0.562. The Balaban J connectivity index is 2.22. The highest BCUT2D eigenvalue weighted by molar-refractivity contribution is 5.87. The quantitative estimate of drug-likeness (QED) is 0.880. The molecule has 0 aliphatic heterocycles. The fourth-order valence-electron chi connectivity index (χ4n) is 2.82. The molecule has 20 heavy (non-hydrogen) atoms. The van der Waals surface area contributed by atoms with E-state index in [0.717, 1.165) is 23.9 Å². The van der Waals surface area contributed by atoms with Gasteiger partial charge < -0.3 is 9.72 Å². The van der Waals surface area contributed by atoms with Gasteiger partial charge in [-0.2, -0.15) is 0 Å². The third-order valence-electron chi connectivity index (χ3n) is 3.80. The zero-order valence-electron chi connectivity index (χ0n) is 13.1. The van der Waals surface area contributed by atoms with Crippen molar-refractivity contribution < 1.29 is 4.74 Å². The summed E-state index contributed by atoms with van der Waals surface area (Å²) >= 11 is 0. The van der Waals surface area contributed by atoms with Crippen LogP contribution in [-0.4, -0.2) is 40.6 Å². The number of H-pyrrole nitrogens is 1. The van der Waals surface area contributed by atoms with E-state index in [1.807, 2.05) is 6.07 Å². The summed E-state index contributed by atoms with van der Waals surface area (Å²) in [5.74, 6) is 0.708. The SMILES string of the molecule is COc1nccc2[nH]cc(CCN(C(C)C)C(C)C)c12. The summed E-state index contributed by atoms with van der Waals surface area (Å²) in [7, 11) is 1.67. The molecule has 0 aliphatic carbocycles. The Hall–Kier alpha value is -1.55. The Labute approximate surface area is 121 Å². The van der Waals surface area contributed by atoms with Gasteiger partial charge in [0.25, 0.3) is 0 Å². The molecular formula is C16H25N3O. The third-order valence-corrected chi connectivity index (χ3v) is 3.80. The monoisotopic (exact) mass is 275 g/mol. The highest BCUT2D eigenvalue weighted by Gasteiger charge is 2.15. The number of pyridine rings is 1. The Morgan fingerprint density at radius 2 is 1.95 bits per heavy atom. The van der Waals surface area contributed by atoms with Gasteiger partial charge in [0.05, 0.1) is 18.0 Å². The van der Waals surface area contributed by atoms with E-state index < -0.39 is 0 Å². The number of nitrogens with zero attached hydrogens (tertiary/aromatic N) is 2. The van der Waals surface area contributed by atoms with Crippen LogP contribution in [0.4, 0.5) is 0 Å². The number of hydrogen-bond donors (Lipinski definition) is 1. The number of methoxy groups -OCH3 is 1. The number of fused-ring (bicyclic) bond motifs is 1.